The van der Waals surface area contributed by atoms with E-state index in [0.29, 0.717) is 24.0 Å². The summed E-state index contributed by atoms with van der Waals surface area (Å²) in [4.78, 5) is 28.3. The van der Waals surface area contributed by atoms with Crippen LogP contribution in [-0.4, -0.2) is 36.9 Å². The second kappa shape index (κ2) is 8.06. The molecule has 1 aliphatic heterocycles. The fourth-order valence-electron chi connectivity index (χ4n) is 3.12. The Morgan fingerprint density at radius 2 is 1.90 bits per heavy atom. The number of methoxy groups -OCH3 is 1. The van der Waals surface area contributed by atoms with Crippen molar-refractivity contribution < 1.29 is 27.5 Å². The molecule has 1 N–H and O–H groups in total. The van der Waals surface area contributed by atoms with Gasteiger partial charge < -0.3 is 10.1 Å². The highest BCUT2D eigenvalue weighted by Crippen LogP contribution is 2.41. The van der Waals surface area contributed by atoms with Gasteiger partial charge in [-0.1, -0.05) is 36.0 Å². The zero-order valence-corrected chi connectivity index (χ0v) is 16.6. The maximum absolute atomic E-state index is 13.1. The Labute approximate surface area is 170 Å². The fourth-order valence-corrected chi connectivity index (χ4v) is 4.17. The number of halogens is 3. The number of nitrogens with one attached hydrogen (secondary N) is 1. The molecule has 0 bridgehead atoms. The van der Waals surface area contributed by atoms with Gasteiger partial charge in [-0.25, -0.2) is 4.79 Å². The van der Waals surface area contributed by atoms with E-state index >= 15 is 0 Å². The van der Waals surface area contributed by atoms with Gasteiger partial charge >= 0.3 is 12.1 Å². The van der Waals surface area contributed by atoms with Gasteiger partial charge in [0.15, 0.2) is 5.17 Å². The summed E-state index contributed by atoms with van der Waals surface area (Å²) in [5.74, 6) is -0.807. The van der Waals surface area contributed by atoms with Gasteiger partial charge in [0.2, 0.25) is 5.91 Å². The Hall–Kier alpha value is -2.55. The largest absolute Gasteiger partial charge is 0.465 e. The third kappa shape index (κ3) is 4.39. The minimum Gasteiger partial charge on any atom is -0.465 e. The van der Waals surface area contributed by atoms with Crippen LogP contribution in [0.4, 0.5) is 13.2 Å². The number of hydrogen-bond acceptors (Lipinski definition) is 5. The normalized spacial score (nSPS) is 23.5. The lowest BCUT2D eigenvalue weighted by atomic mass is 9.97. The second-order valence-corrected chi connectivity index (χ2v) is 8.11. The number of allylic oxidation sites excluding steroid dienone is 2. The van der Waals surface area contributed by atoms with E-state index in [4.69, 9.17) is 0 Å². The molecule has 1 aromatic carbocycles. The summed E-state index contributed by atoms with van der Waals surface area (Å²) in [6.07, 6.45) is -0.820. The summed E-state index contributed by atoms with van der Waals surface area (Å²) in [6, 6.07) is 6.41. The number of carbonyl (C=O) groups excluding carboxylic acids is 2. The molecule has 1 atom stereocenters. The number of rotatable bonds is 4. The van der Waals surface area contributed by atoms with Gasteiger partial charge in [0.1, 0.15) is 4.75 Å². The minimum atomic E-state index is -4.42. The first-order chi connectivity index (χ1) is 13.6. The maximum Gasteiger partial charge on any atom is 0.416 e. The van der Waals surface area contributed by atoms with Crippen molar-refractivity contribution in [3.8, 4) is 0 Å². The molecule has 0 saturated carbocycles. The number of ether oxygens (including phenoxy) is 1. The van der Waals surface area contributed by atoms with E-state index in [-0.39, 0.29) is 23.2 Å². The lowest BCUT2D eigenvalue weighted by Crippen LogP contribution is -2.31. The predicted octanol–water partition coefficient (Wildman–Crippen LogP) is 4.12. The number of nitrogens with zero attached hydrogens (tertiary/aromatic N) is 1. The molecule has 1 amide bonds. The van der Waals surface area contributed by atoms with Gasteiger partial charge in [0.05, 0.1) is 24.8 Å². The molecule has 5 nitrogen and oxygen atoms in total. The Morgan fingerprint density at radius 3 is 2.52 bits per heavy atom. The molecule has 154 valence electrons. The Kier molecular flexibility index (Phi) is 5.88. The van der Waals surface area contributed by atoms with E-state index in [9.17, 15) is 22.8 Å². The molecule has 2 aliphatic rings. The smallest absolute Gasteiger partial charge is 0.416 e. The van der Waals surface area contributed by atoms with Gasteiger partial charge in [-0.05, 0) is 43.0 Å². The molecule has 1 unspecified atom stereocenters. The first-order valence-electron chi connectivity index (χ1n) is 8.85. The van der Waals surface area contributed by atoms with E-state index in [0.717, 1.165) is 11.8 Å². The topological polar surface area (TPSA) is 67.8 Å². The molecular formula is C20H19F3N2O3S. The Morgan fingerprint density at radius 1 is 1.24 bits per heavy atom. The Balaban J connectivity index is 1.76. The first kappa shape index (κ1) is 21.2. The molecule has 1 fully saturated rings. The lowest BCUT2D eigenvalue weighted by molar-refractivity contribution is -0.121. The molecule has 29 heavy (non-hydrogen) atoms. The van der Waals surface area contributed by atoms with Crippen LogP contribution in [0.15, 0.2) is 52.6 Å². The highest BCUT2D eigenvalue weighted by molar-refractivity contribution is 8.15. The van der Waals surface area contributed by atoms with Crippen LogP contribution in [0.1, 0.15) is 35.7 Å². The monoisotopic (exact) mass is 424 g/mol. The third-order valence-electron chi connectivity index (χ3n) is 4.76. The molecule has 1 heterocycles. The molecular weight excluding hydrogens is 405 g/mol. The molecule has 0 spiro atoms. The summed E-state index contributed by atoms with van der Waals surface area (Å²) in [5.41, 5.74) is 0.448. The molecule has 1 aromatic rings. The quantitative estimate of drug-likeness (QED) is 0.739. The summed E-state index contributed by atoms with van der Waals surface area (Å²) >= 11 is 1.14. The van der Waals surface area contributed by atoms with Gasteiger partial charge in [0, 0.05) is 0 Å². The second-order valence-electron chi connectivity index (χ2n) is 6.70. The van der Waals surface area contributed by atoms with Crippen LogP contribution in [0, 0.1) is 0 Å². The molecule has 1 aliphatic carbocycles. The summed E-state index contributed by atoms with van der Waals surface area (Å²) in [6.45, 7) is 1.54. The summed E-state index contributed by atoms with van der Waals surface area (Å²) in [7, 11) is 1.28. The Bertz CT molecular complexity index is 920. The van der Waals surface area contributed by atoms with E-state index in [1.54, 1.807) is 37.3 Å². The van der Waals surface area contributed by atoms with Gasteiger partial charge in [0.25, 0.3) is 0 Å². The van der Waals surface area contributed by atoms with Crippen molar-refractivity contribution in [2.45, 2.75) is 30.7 Å². The van der Waals surface area contributed by atoms with E-state index in [2.05, 4.69) is 15.0 Å². The summed E-state index contributed by atoms with van der Waals surface area (Å²) in [5, 5.41) is 2.91. The van der Waals surface area contributed by atoms with Crippen LogP contribution >= 0.6 is 11.8 Å². The number of thioether (sulfide) groups is 1. The van der Waals surface area contributed by atoms with Gasteiger partial charge in [-0.2, -0.15) is 13.2 Å². The van der Waals surface area contributed by atoms with Crippen molar-refractivity contribution in [2.24, 2.45) is 4.99 Å². The van der Waals surface area contributed by atoms with Crippen LogP contribution in [0.2, 0.25) is 0 Å². The highest BCUT2D eigenvalue weighted by atomic mass is 32.2. The van der Waals surface area contributed by atoms with E-state index < -0.39 is 22.5 Å². The fraction of sp³-hybridized carbons (Fsp3) is 0.350. The molecule has 0 radical (unpaired) electrons. The van der Waals surface area contributed by atoms with Crippen LogP contribution in [0.5, 0.6) is 0 Å². The minimum absolute atomic E-state index is 0.113. The van der Waals surface area contributed by atoms with Crippen LogP contribution < -0.4 is 5.32 Å². The number of hydrogen-bond donors (Lipinski definition) is 1. The number of amidine groups is 1. The number of amides is 1. The number of benzene rings is 1. The molecule has 1 saturated heterocycles. The van der Waals surface area contributed by atoms with Crippen molar-refractivity contribution in [1.29, 1.82) is 0 Å². The SMILES string of the molecule is COC(=O)c1ccc(C2(C)SC(=NCC3=CCCC=C3C(F)(F)F)NC2=O)cc1. The van der Waals surface area contributed by atoms with Crippen molar-refractivity contribution in [1.82, 2.24) is 5.32 Å². The average Bonchev–Trinajstić information content (AvgIpc) is 3.00. The third-order valence-corrected chi connectivity index (χ3v) is 6.02. The number of alkyl halides is 3. The van der Waals surface area contributed by atoms with Crippen molar-refractivity contribution in [3.63, 3.8) is 0 Å². The first-order valence-corrected chi connectivity index (χ1v) is 9.67. The number of esters is 1. The van der Waals surface area contributed by atoms with Crippen LogP contribution in [0.3, 0.4) is 0 Å². The van der Waals surface area contributed by atoms with Gasteiger partial charge in [-0.15, -0.1) is 0 Å². The summed E-state index contributed by atoms with van der Waals surface area (Å²) < 4.78 is 43.1. The van der Waals surface area contributed by atoms with Crippen LogP contribution in [-0.2, 0) is 14.3 Å². The average molecular weight is 424 g/mol. The highest BCUT2D eigenvalue weighted by Gasteiger charge is 2.44. The number of aliphatic imine (C=N–C) groups is 1. The van der Waals surface area contributed by atoms with Crippen molar-refractivity contribution in [2.75, 3.05) is 13.7 Å². The standard InChI is InChI=1S/C20H19F3N2O3S/c1-19(14-9-7-12(8-10-14)16(26)28-2)17(27)25-18(29-19)24-11-13-5-3-4-6-15(13)20(21,22)23/h5-10H,3-4,11H2,1-2H3,(H,24,25,27). The van der Waals surface area contributed by atoms with E-state index in [1.165, 1.54) is 13.2 Å². The molecule has 0 aromatic heterocycles. The zero-order valence-electron chi connectivity index (χ0n) is 15.8. The van der Waals surface area contributed by atoms with E-state index in [1.807, 2.05) is 0 Å². The zero-order chi connectivity index (χ0) is 21.2. The maximum atomic E-state index is 13.1. The van der Waals surface area contributed by atoms with Crippen molar-refractivity contribution in [3.05, 3.63) is 58.7 Å². The van der Waals surface area contributed by atoms with Gasteiger partial charge in [-0.3, -0.25) is 9.79 Å². The lowest BCUT2D eigenvalue weighted by Gasteiger charge is -2.19. The molecule has 3 rings (SSSR count). The van der Waals surface area contributed by atoms with Crippen molar-refractivity contribution >= 4 is 28.8 Å². The van der Waals surface area contributed by atoms with Crippen LogP contribution in [0.25, 0.3) is 0 Å². The predicted molar refractivity (Wildman–Crippen MR) is 105 cm³/mol. The number of carbonyl (C=O) groups is 2. The molecule has 9 heteroatoms.